The molecule has 1 heterocycles. The molecule has 0 fully saturated rings. The molecule has 0 atom stereocenters. The van der Waals surface area contributed by atoms with Gasteiger partial charge in [-0.2, -0.15) is 0 Å². The summed E-state index contributed by atoms with van der Waals surface area (Å²) in [6.07, 6.45) is 0. The zero-order valence-corrected chi connectivity index (χ0v) is 7.58. The molecule has 4 heteroatoms. The molecule has 1 aromatic rings. The van der Waals surface area contributed by atoms with Crippen molar-refractivity contribution in [2.75, 3.05) is 6.79 Å². The highest BCUT2D eigenvalue weighted by molar-refractivity contribution is 5.79. The van der Waals surface area contributed by atoms with Gasteiger partial charge in [0, 0.05) is 13.5 Å². The normalized spacial score (nSPS) is 12.6. The molecule has 4 nitrogen and oxygen atoms in total. The van der Waals surface area contributed by atoms with Crippen LogP contribution in [0.15, 0.2) is 18.2 Å². The van der Waals surface area contributed by atoms with Gasteiger partial charge in [0.15, 0.2) is 11.5 Å². The van der Waals surface area contributed by atoms with Gasteiger partial charge in [0.1, 0.15) is 0 Å². The largest absolute Gasteiger partial charge is 0.454 e. The second-order valence-corrected chi connectivity index (χ2v) is 2.96. The molecule has 73 valence electrons. The molecule has 0 bridgehead atoms. The molecule has 14 heavy (non-hydrogen) atoms. The predicted molar refractivity (Wildman–Crippen MR) is 49.8 cm³/mol. The Hall–Kier alpha value is -1.71. The molecular formula is C10H10NO3. The van der Waals surface area contributed by atoms with Crippen LogP contribution in [-0.4, -0.2) is 12.7 Å². The number of benzene rings is 1. The maximum Gasteiger partial charge on any atom is 0.231 e. The highest BCUT2D eigenvalue weighted by Gasteiger charge is 2.12. The number of amides is 1. The Kier molecular flexibility index (Phi) is 2.26. The quantitative estimate of drug-likeness (QED) is 0.756. The number of hydrogen-bond donors (Lipinski definition) is 1. The lowest BCUT2D eigenvalue weighted by Gasteiger charge is -2.03. The molecule has 1 N–H and O–H groups in total. The first kappa shape index (κ1) is 8.87. The topological polar surface area (TPSA) is 47.6 Å². The first-order valence-corrected chi connectivity index (χ1v) is 4.24. The number of carbonyl (C=O) groups excluding carboxylic acids is 1. The van der Waals surface area contributed by atoms with E-state index in [1.807, 2.05) is 18.2 Å². The Balaban J connectivity index is 2.09. The monoisotopic (exact) mass is 192 g/mol. The Morgan fingerprint density at radius 3 is 3.00 bits per heavy atom. The van der Waals surface area contributed by atoms with Crippen molar-refractivity contribution in [3.8, 4) is 11.5 Å². The molecule has 0 saturated carbocycles. The van der Waals surface area contributed by atoms with Gasteiger partial charge in [0.25, 0.3) is 0 Å². The fourth-order valence-electron chi connectivity index (χ4n) is 1.25. The minimum atomic E-state index is -0.289. The Labute approximate surface area is 81.8 Å². The van der Waals surface area contributed by atoms with Crippen molar-refractivity contribution >= 4 is 5.91 Å². The third kappa shape index (κ3) is 1.79. The number of rotatable bonds is 2. The summed E-state index contributed by atoms with van der Waals surface area (Å²) in [5.74, 6) is 1.18. The summed E-state index contributed by atoms with van der Waals surface area (Å²) in [7, 11) is 0. The lowest BCUT2D eigenvalue weighted by Crippen LogP contribution is -2.19. The van der Waals surface area contributed by atoms with Crippen LogP contribution in [0.1, 0.15) is 5.56 Å². The molecule has 0 aromatic heterocycles. The average molecular weight is 192 g/mol. The van der Waals surface area contributed by atoms with Gasteiger partial charge >= 0.3 is 0 Å². The van der Waals surface area contributed by atoms with Crippen LogP contribution in [0.5, 0.6) is 11.5 Å². The molecule has 1 radical (unpaired) electrons. The van der Waals surface area contributed by atoms with Crippen molar-refractivity contribution in [1.82, 2.24) is 5.32 Å². The zero-order valence-electron chi connectivity index (χ0n) is 7.58. The third-order valence-corrected chi connectivity index (χ3v) is 1.93. The van der Waals surface area contributed by atoms with Crippen LogP contribution in [0.3, 0.4) is 0 Å². The van der Waals surface area contributed by atoms with Gasteiger partial charge in [-0.1, -0.05) is 6.07 Å². The summed E-state index contributed by atoms with van der Waals surface area (Å²) in [4.78, 5) is 10.6. The summed E-state index contributed by atoms with van der Waals surface area (Å²) in [6, 6.07) is 5.55. The van der Waals surface area contributed by atoms with E-state index in [0.717, 1.165) is 17.1 Å². The van der Waals surface area contributed by atoms with Crippen molar-refractivity contribution < 1.29 is 14.3 Å². The summed E-state index contributed by atoms with van der Waals surface area (Å²) >= 11 is 0. The summed E-state index contributed by atoms with van der Waals surface area (Å²) < 4.78 is 10.4. The maximum absolute atomic E-state index is 10.6. The van der Waals surface area contributed by atoms with Gasteiger partial charge in [-0.05, 0) is 17.7 Å². The second kappa shape index (κ2) is 3.57. The van der Waals surface area contributed by atoms with E-state index in [9.17, 15) is 4.79 Å². The van der Waals surface area contributed by atoms with E-state index >= 15 is 0 Å². The van der Waals surface area contributed by atoms with E-state index in [-0.39, 0.29) is 12.7 Å². The summed E-state index contributed by atoms with van der Waals surface area (Å²) in [6.45, 7) is 3.94. The van der Waals surface area contributed by atoms with Crippen LogP contribution in [0, 0.1) is 6.92 Å². The molecular weight excluding hydrogens is 182 g/mol. The molecule has 0 spiro atoms. The predicted octanol–water partition coefficient (Wildman–Crippen LogP) is 0.866. The fraction of sp³-hybridized carbons (Fsp3) is 0.200. The first-order valence-electron chi connectivity index (χ1n) is 4.24. The van der Waals surface area contributed by atoms with Crippen LogP contribution in [-0.2, 0) is 11.3 Å². The number of fused-ring (bicyclic) bond motifs is 1. The molecule has 1 aromatic carbocycles. The highest BCUT2D eigenvalue weighted by atomic mass is 16.7. The molecule has 2 rings (SSSR count). The highest BCUT2D eigenvalue weighted by Crippen LogP contribution is 2.32. The fourth-order valence-corrected chi connectivity index (χ4v) is 1.25. The maximum atomic E-state index is 10.6. The lowest BCUT2D eigenvalue weighted by atomic mass is 10.2. The minimum absolute atomic E-state index is 0.264. The van der Waals surface area contributed by atoms with E-state index in [1.54, 1.807) is 0 Å². The molecule has 0 saturated heterocycles. The van der Waals surface area contributed by atoms with Gasteiger partial charge in [0.05, 0.1) is 0 Å². The summed E-state index contributed by atoms with van der Waals surface area (Å²) in [5, 5.41) is 2.61. The van der Waals surface area contributed by atoms with Gasteiger partial charge < -0.3 is 14.8 Å². The van der Waals surface area contributed by atoms with Gasteiger partial charge in [-0.25, -0.2) is 0 Å². The van der Waals surface area contributed by atoms with Crippen molar-refractivity contribution in [2.45, 2.75) is 6.54 Å². The number of ether oxygens (including phenoxy) is 2. The van der Waals surface area contributed by atoms with Crippen LogP contribution < -0.4 is 14.8 Å². The summed E-state index contributed by atoms with van der Waals surface area (Å²) in [5.41, 5.74) is 0.964. The van der Waals surface area contributed by atoms with Crippen molar-refractivity contribution in [3.63, 3.8) is 0 Å². The van der Waals surface area contributed by atoms with E-state index in [2.05, 4.69) is 12.2 Å². The van der Waals surface area contributed by atoms with Crippen LogP contribution >= 0.6 is 0 Å². The number of nitrogens with one attached hydrogen (secondary N) is 1. The van der Waals surface area contributed by atoms with E-state index < -0.39 is 0 Å². The van der Waals surface area contributed by atoms with Crippen molar-refractivity contribution in [3.05, 3.63) is 30.7 Å². The number of carbonyl (C=O) groups is 1. The van der Waals surface area contributed by atoms with Gasteiger partial charge in [-0.15, -0.1) is 0 Å². The van der Waals surface area contributed by atoms with E-state index in [4.69, 9.17) is 9.47 Å². The van der Waals surface area contributed by atoms with Crippen LogP contribution in [0.4, 0.5) is 0 Å². The molecule has 0 aliphatic carbocycles. The zero-order chi connectivity index (χ0) is 9.97. The Morgan fingerprint density at radius 2 is 2.21 bits per heavy atom. The van der Waals surface area contributed by atoms with E-state index in [0.29, 0.717) is 6.54 Å². The lowest BCUT2D eigenvalue weighted by molar-refractivity contribution is -0.116. The molecule has 0 unspecified atom stereocenters. The Morgan fingerprint density at radius 1 is 1.43 bits per heavy atom. The Bertz CT molecular complexity index is 362. The van der Waals surface area contributed by atoms with Crippen LogP contribution in [0.25, 0.3) is 0 Å². The van der Waals surface area contributed by atoms with Gasteiger partial charge in [0.2, 0.25) is 12.7 Å². The van der Waals surface area contributed by atoms with Crippen molar-refractivity contribution in [1.29, 1.82) is 0 Å². The van der Waals surface area contributed by atoms with Crippen molar-refractivity contribution in [2.24, 2.45) is 0 Å². The van der Waals surface area contributed by atoms with E-state index in [1.165, 1.54) is 0 Å². The van der Waals surface area contributed by atoms with Gasteiger partial charge in [-0.3, -0.25) is 4.79 Å². The smallest absolute Gasteiger partial charge is 0.231 e. The second-order valence-electron chi connectivity index (χ2n) is 2.96. The minimum Gasteiger partial charge on any atom is -0.454 e. The standard InChI is InChI=1S/C10H10NO3/c1-7(12)11-5-8-2-3-9-10(4-8)14-6-13-9/h2-4H,1,5-6H2,(H,11,12). The number of hydrogen-bond acceptors (Lipinski definition) is 3. The molecule has 1 amide bonds. The average Bonchev–Trinajstić information content (AvgIpc) is 2.61. The third-order valence-electron chi connectivity index (χ3n) is 1.93. The molecule has 1 aliphatic rings. The molecule has 1 aliphatic heterocycles. The SMILES string of the molecule is [CH2]C(=O)NCc1ccc2c(c1)OCO2. The first-order chi connectivity index (χ1) is 6.75. The van der Waals surface area contributed by atoms with Crippen LogP contribution in [0.2, 0.25) is 0 Å².